The van der Waals surface area contributed by atoms with E-state index >= 15 is 0 Å². The van der Waals surface area contributed by atoms with Gasteiger partial charge in [0.15, 0.2) is 6.23 Å². The fourth-order valence-corrected chi connectivity index (χ4v) is 2.95. The molecule has 2 aliphatic rings. The maximum Gasteiger partial charge on any atom is 0.353 e. The molecule has 1 aromatic heterocycles. The molecule has 9 nitrogen and oxygen atoms in total. The predicted molar refractivity (Wildman–Crippen MR) is 70.4 cm³/mol. The van der Waals surface area contributed by atoms with Gasteiger partial charge < -0.3 is 35.0 Å². The van der Waals surface area contributed by atoms with Gasteiger partial charge in [0.05, 0.1) is 12.2 Å². The number of fused-ring (bicyclic) bond motifs is 1. The molecule has 4 atom stereocenters. The Bertz CT molecular complexity index is 626. The number of aromatic carboxylic acids is 1. The van der Waals surface area contributed by atoms with Gasteiger partial charge in [0.25, 0.3) is 5.91 Å². The number of carbonyl (C=O) groups is 2. The van der Waals surface area contributed by atoms with Crippen molar-refractivity contribution in [3.63, 3.8) is 0 Å². The van der Waals surface area contributed by atoms with E-state index in [1.165, 1.54) is 6.20 Å². The van der Waals surface area contributed by atoms with Gasteiger partial charge >= 0.3 is 5.97 Å². The Morgan fingerprint density at radius 2 is 2.14 bits per heavy atom. The summed E-state index contributed by atoms with van der Waals surface area (Å²) in [5.74, 6) is -1.83. The minimum absolute atomic E-state index is 0.0384. The molecule has 1 amide bonds. The number of aromatic nitrogens is 1. The van der Waals surface area contributed by atoms with E-state index in [1.54, 1.807) is 0 Å². The quantitative estimate of drug-likeness (QED) is 0.438. The van der Waals surface area contributed by atoms with Gasteiger partial charge in [-0.15, -0.1) is 0 Å². The second-order valence-electron chi connectivity index (χ2n) is 5.33. The number of hydrogen-bond acceptors (Lipinski definition) is 6. The topological polar surface area (TPSA) is 141 Å². The molecule has 3 heterocycles. The number of ether oxygens (including phenoxy) is 1. The number of carboxylic acids is 1. The monoisotopic (exact) mass is 312 g/mol. The number of hydrogen-bond donors (Lipinski definition) is 5. The van der Waals surface area contributed by atoms with Crippen molar-refractivity contribution in [3.05, 3.63) is 23.0 Å². The summed E-state index contributed by atoms with van der Waals surface area (Å²) in [6.07, 6.45) is -3.05. The molecule has 2 aliphatic heterocycles. The first-order valence-electron chi connectivity index (χ1n) is 6.83. The Balaban J connectivity index is 2.08. The highest BCUT2D eigenvalue weighted by atomic mass is 16.6. The Morgan fingerprint density at radius 3 is 2.73 bits per heavy atom. The molecular weight excluding hydrogens is 296 g/mol. The third-order valence-electron chi connectivity index (χ3n) is 4.01. The fourth-order valence-electron chi connectivity index (χ4n) is 2.95. The molecule has 0 aromatic carbocycles. The van der Waals surface area contributed by atoms with Gasteiger partial charge in [-0.25, -0.2) is 4.79 Å². The van der Waals surface area contributed by atoms with Crippen molar-refractivity contribution in [3.8, 4) is 0 Å². The smallest absolute Gasteiger partial charge is 0.353 e. The highest BCUT2D eigenvalue weighted by molar-refractivity contribution is 6.06. The van der Waals surface area contributed by atoms with Gasteiger partial charge in [0.2, 0.25) is 0 Å². The molecule has 3 rings (SSSR count). The minimum atomic E-state index is -1.41. The summed E-state index contributed by atoms with van der Waals surface area (Å²) in [6, 6.07) is 0. The minimum Gasteiger partial charge on any atom is -0.477 e. The second kappa shape index (κ2) is 5.36. The zero-order chi connectivity index (χ0) is 16.0. The van der Waals surface area contributed by atoms with Gasteiger partial charge in [-0.2, -0.15) is 0 Å². The van der Waals surface area contributed by atoms with E-state index in [4.69, 9.17) is 9.84 Å². The summed E-state index contributed by atoms with van der Waals surface area (Å²) < 4.78 is 6.48. The first-order chi connectivity index (χ1) is 10.5. The fraction of sp³-hybridized carbons (Fsp3) is 0.538. The third-order valence-corrected chi connectivity index (χ3v) is 4.01. The van der Waals surface area contributed by atoms with Crippen LogP contribution in [0.15, 0.2) is 6.20 Å². The number of aliphatic hydroxyl groups excluding tert-OH is 3. The van der Waals surface area contributed by atoms with Crippen LogP contribution >= 0.6 is 0 Å². The molecule has 1 aromatic rings. The highest BCUT2D eigenvalue weighted by Gasteiger charge is 2.45. The molecule has 0 radical (unpaired) electrons. The van der Waals surface area contributed by atoms with Crippen LogP contribution in [0.1, 0.15) is 32.6 Å². The number of carboxylic acid groups (broad SMARTS) is 1. The molecule has 22 heavy (non-hydrogen) atoms. The van der Waals surface area contributed by atoms with E-state index < -0.39 is 43.0 Å². The SMILES string of the molecule is O=C1NCCc2cn([C@@H]3O[C@H](CO)C(O)C3O)c(C(=O)O)c21. The first kappa shape index (κ1) is 15.0. The number of carbonyl (C=O) groups excluding carboxylic acids is 1. The van der Waals surface area contributed by atoms with Crippen molar-refractivity contribution in [1.82, 2.24) is 9.88 Å². The Labute approximate surface area is 124 Å². The number of amides is 1. The third kappa shape index (κ3) is 2.10. The van der Waals surface area contributed by atoms with Crippen LogP contribution in [0.25, 0.3) is 0 Å². The van der Waals surface area contributed by atoms with E-state index in [1.807, 2.05) is 0 Å². The van der Waals surface area contributed by atoms with Gasteiger partial charge in [0, 0.05) is 12.7 Å². The highest BCUT2D eigenvalue weighted by Crippen LogP contribution is 2.33. The summed E-state index contributed by atoms with van der Waals surface area (Å²) in [4.78, 5) is 23.5. The van der Waals surface area contributed by atoms with Gasteiger partial charge in [-0.3, -0.25) is 4.79 Å². The zero-order valence-corrected chi connectivity index (χ0v) is 11.5. The predicted octanol–water partition coefficient (Wildman–Crippen LogP) is -1.92. The summed E-state index contributed by atoms with van der Waals surface area (Å²) in [5.41, 5.74) is 0.275. The lowest BCUT2D eigenvalue weighted by Crippen LogP contribution is -2.34. The molecule has 120 valence electrons. The average molecular weight is 312 g/mol. The van der Waals surface area contributed by atoms with E-state index in [0.717, 1.165) is 4.57 Å². The van der Waals surface area contributed by atoms with Crippen molar-refractivity contribution in [2.24, 2.45) is 0 Å². The summed E-state index contributed by atoms with van der Waals surface area (Å²) in [7, 11) is 0. The second-order valence-corrected chi connectivity index (χ2v) is 5.33. The van der Waals surface area contributed by atoms with Crippen molar-refractivity contribution in [2.45, 2.75) is 31.0 Å². The van der Waals surface area contributed by atoms with Crippen LogP contribution in [0.2, 0.25) is 0 Å². The van der Waals surface area contributed by atoms with Gasteiger partial charge in [-0.1, -0.05) is 0 Å². The van der Waals surface area contributed by atoms with Crippen molar-refractivity contribution in [1.29, 1.82) is 0 Å². The maximum absolute atomic E-state index is 11.9. The lowest BCUT2D eigenvalue weighted by Gasteiger charge is -2.18. The van der Waals surface area contributed by atoms with Crippen LogP contribution in [0.5, 0.6) is 0 Å². The van der Waals surface area contributed by atoms with Crippen LogP contribution in [0, 0.1) is 0 Å². The molecule has 1 fully saturated rings. The molecule has 0 bridgehead atoms. The molecule has 1 saturated heterocycles. The lowest BCUT2D eigenvalue weighted by atomic mass is 10.0. The summed E-state index contributed by atoms with van der Waals surface area (Å²) in [6.45, 7) is -0.122. The van der Waals surface area contributed by atoms with Crippen LogP contribution < -0.4 is 5.32 Å². The molecule has 0 aliphatic carbocycles. The number of nitrogens with zero attached hydrogens (tertiary/aromatic N) is 1. The lowest BCUT2D eigenvalue weighted by molar-refractivity contribution is -0.0537. The molecule has 0 spiro atoms. The van der Waals surface area contributed by atoms with Crippen molar-refractivity contribution in [2.75, 3.05) is 13.2 Å². The Kier molecular flexibility index (Phi) is 3.65. The molecular formula is C13H16N2O7. The van der Waals surface area contributed by atoms with E-state index in [9.17, 15) is 24.9 Å². The van der Waals surface area contributed by atoms with E-state index in [-0.39, 0.29) is 11.3 Å². The van der Waals surface area contributed by atoms with Gasteiger partial charge in [0.1, 0.15) is 24.0 Å². The Hall–Kier alpha value is -1.94. The number of nitrogens with one attached hydrogen (secondary N) is 1. The van der Waals surface area contributed by atoms with Crippen LogP contribution in [-0.2, 0) is 11.2 Å². The van der Waals surface area contributed by atoms with Crippen molar-refractivity contribution >= 4 is 11.9 Å². The van der Waals surface area contributed by atoms with Crippen LogP contribution in [-0.4, -0.2) is 68.3 Å². The summed E-state index contributed by atoms with van der Waals surface area (Å²) in [5, 5.41) is 40.9. The van der Waals surface area contributed by atoms with Crippen LogP contribution in [0.3, 0.4) is 0 Å². The van der Waals surface area contributed by atoms with Crippen LogP contribution in [0.4, 0.5) is 0 Å². The standard InChI is InChI=1S/C13H16N2O7/c16-4-6-9(17)10(18)12(22-6)15-3-5-1-2-14-11(19)7(5)8(15)13(20)21/h3,6,9-10,12,16-18H,1-2,4H2,(H,14,19)(H,20,21)/t6-,9?,10?,12-/m1/s1. The normalized spacial score (nSPS) is 31.0. The summed E-state index contributed by atoms with van der Waals surface area (Å²) >= 11 is 0. The molecule has 5 N–H and O–H groups in total. The molecule has 0 saturated carbocycles. The Morgan fingerprint density at radius 1 is 1.41 bits per heavy atom. The number of aliphatic hydroxyl groups is 3. The molecule has 2 unspecified atom stereocenters. The largest absolute Gasteiger partial charge is 0.477 e. The number of rotatable bonds is 3. The average Bonchev–Trinajstić information content (AvgIpc) is 2.99. The van der Waals surface area contributed by atoms with Gasteiger partial charge in [-0.05, 0) is 12.0 Å². The van der Waals surface area contributed by atoms with Crippen molar-refractivity contribution < 1.29 is 34.8 Å². The first-order valence-corrected chi connectivity index (χ1v) is 6.83. The molecule has 9 heteroatoms. The van der Waals surface area contributed by atoms with E-state index in [2.05, 4.69) is 5.32 Å². The zero-order valence-electron chi connectivity index (χ0n) is 11.5. The van der Waals surface area contributed by atoms with E-state index in [0.29, 0.717) is 18.5 Å². The maximum atomic E-state index is 11.9.